The van der Waals surface area contributed by atoms with Gasteiger partial charge in [0.2, 0.25) is 0 Å². The highest BCUT2D eigenvalue weighted by molar-refractivity contribution is 6.32. The van der Waals surface area contributed by atoms with E-state index < -0.39 is 0 Å². The van der Waals surface area contributed by atoms with Crippen LogP contribution < -0.4 is 5.73 Å². The molecule has 1 aliphatic rings. The molecule has 0 saturated carbocycles. The first kappa shape index (κ1) is 8.72. The second kappa shape index (κ2) is 3.47. The Morgan fingerprint density at radius 1 is 1.54 bits per heavy atom. The minimum absolute atomic E-state index is 0.0469. The second-order valence-corrected chi connectivity index (χ2v) is 3.41. The Labute approximate surface area is 81.0 Å². The summed E-state index contributed by atoms with van der Waals surface area (Å²) >= 11 is 5.81. The van der Waals surface area contributed by atoms with Crippen LogP contribution >= 0.6 is 11.6 Å². The van der Waals surface area contributed by atoms with Gasteiger partial charge in [-0.2, -0.15) is 5.10 Å². The topological polar surface area (TPSA) is 61.0 Å². The van der Waals surface area contributed by atoms with Gasteiger partial charge >= 0.3 is 0 Å². The predicted octanol–water partition coefficient (Wildman–Crippen LogP) is 1.56. The number of nitrogens with zero attached hydrogens (tertiary/aromatic N) is 2. The number of ether oxygens (including phenoxy) is 1. The first-order chi connectivity index (χ1) is 6.27. The highest BCUT2D eigenvalue weighted by atomic mass is 35.5. The van der Waals surface area contributed by atoms with Gasteiger partial charge in [0.05, 0.1) is 10.7 Å². The van der Waals surface area contributed by atoms with Crippen molar-refractivity contribution in [3.05, 3.63) is 16.8 Å². The zero-order valence-corrected chi connectivity index (χ0v) is 7.79. The van der Waals surface area contributed by atoms with E-state index in [1.54, 1.807) is 6.07 Å². The fourth-order valence-corrected chi connectivity index (χ4v) is 1.51. The molecule has 1 unspecified atom stereocenters. The van der Waals surface area contributed by atoms with Gasteiger partial charge < -0.3 is 10.5 Å². The molecule has 2 heterocycles. The van der Waals surface area contributed by atoms with Gasteiger partial charge in [0, 0.05) is 6.61 Å². The van der Waals surface area contributed by atoms with Gasteiger partial charge in [0.15, 0.2) is 5.82 Å². The highest BCUT2D eigenvalue weighted by Crippen LogP contribution is 2.28. The number of nitrogens with two attached hydrogens (primary N) is 1. The Bertz CT molecular complexity index is 312. The molecule has 4 nitrogen and oxygen atoms in total. The smallest absolute Gasteiger partial charge is 0.164 e. The number of halogens is 1. The fraction of sp³-hybridized carbons (Fsp3) is 0.500. The molecular formula is C8H10ClN3O. The van der Waals surface area contributed by atoms with Crippen LogP contribution in [0.5, 0.6) is 0 Å². The van der Waals surface area contributed by atoms with Crippen LogP contribution in [0.1, 0.15) is 24.6 Å². The molecule has 70 valence electrons. The third kappa shape index (κ3) is 1.73. The molecular weight excluding hydrogens is 190 g/mol. The first-order valence-corrected chi connectivity index (χ1v) is 4.55. The van der Waals surface area contributed by atoms with E-state index in [1.165, 1.54) is 0 Å². The fourth-order valence-electron chi connectivity index (χ4n) is 1.36. The molecule has 1 atom stereocenters. The van der Waals surface area contributed by atoms with Crippen molar-refractivity contribution in [3.63, 3.8) is 0 Å². The summed E-state index contributed by atoms with van der Waals surface area (Å²) < 4.78 is 5.43. The molecule has 0 amide bonds. The van der Waals surface area contributed by atoms with E-state index in [1.807, 2.05) is 0 Å². The van der Waals surface area contributed by atoms with Crippen LogP contribution in [0.25, 0.3) is 0 Å². The van der Waals surface area contributed by atoms with Crippen LogP contribution in [0, 0.1) is 0 Å². The summed E-state index contributed by atoms with van der Waals surface area (Å²) in [5, 5.41) is 8.12. The molecule has 0 spiro atoms. The van der Waals surface area contributed by atoms with Gasteiger partial charge in [-0.1, -0.05) is 11.6 Å². The molecule has 0 radical (unpaired) electrons. The predicted molar refractivity (Wildman–Crippen MR) is 49.4 cm³/mol. The Hall–Kier alpha value is -0.870. The molecule has 1 fully saturated rings. The van der Waals surface area contributed by atoms with Crippen LogP contribution in [-0.2, 0) is 4.74 Å². The van der Waals surface area contributed by atoms with Crippen LogP contribution in [0.4, 0.5) is 5.82 Å². The van der Waals surface area contributed by atoms with Gasteiger partial charge in [0.25, 0.3) is 0 Å². The number of hydrogen-bond acceptors (Lipinski definition) is 4. The molecule has 13 heavy (non-hydrogen) atoms. The van der Waals surface area contributed by atoms with Gasteiger partial charge in [0.1, 0.15) is 6.10 Å². The van der Waals surface area contributed by atoms with Crippen LogP contribution in [0.15, 0.2) is 6.07 Å². The van der Waals surface area contributed by atoms with Gasteiger partial charge in [-0.15, -0.1) is 5.10 Å². The summed E-state index contributed by atoms with van der Waals surface area (Å²) in [6, 6.07) is 1.72. The van der Waals surface area contributed by atoms with Gasteiger partial charge in [-0.25, -0.2) is 0 Å². The molecule has 0 aromatic carbocycles. The zero-order chi connectivity index (χ0) is 9.26. The van der Waals surface area contributed by atoms with E-state index >= 15 is 0 Å². The summed E-state index contributed by atoms with van der Waals surface area (Å²) in [5.74, 6) is 0.267. The number of anilines is 1. The van der Waals surface area contributed by atoms with Gasteiger partial charge in [-0.05, 0) is 18.9 Å². The van der Waals surface area contributed by atoms with Crippen LogP contribution in [0.2, 0.25) is 5.02 Å². The molecule has 2 N–H and O–H groups in total. The normalized spacial score (nSPS) is 22.1. The standard InChI is InChI=1S/C8H10ClN3O/c9-5-4-6(11-12-8(5)10)7-2-1-3-13-7/h4,7H,1-3H2,(H2,10,12). The molecule has 0 aliphatic carbocycles. The molecule has 1 aromatic rings. The van der Waals surface area contributed by atoms with Crippen molar-refractivity contribution in [2.45, 2.75) is 18.9 Å². The summed E-state index contributed by atoms with van der Waals surface area (Å²) in [5.41, 5.74) is 6.22. The van der Waals surface area contributed by atoms with Crippen LogP contribution in [0.3, 0.4) is 0 Å². The quantitative estimate of drug-likeness (QED) is 0.746. The second-order valence-electron chi connectivity index (χ2n) is 3.00. The maximum atomic E-state index is 5.81. The van der Waals surface area contributed by atoms with Crippen molar-refractivity contribution in [1.29, 1.82) is 0 Å². The van der Waals surface area contributed by atoms with E-state index in [0.717, 1.165) is 25.1 Å². The number of hydrogen-bond donors (Lipinski definition) is 1. The average molecular weight is 200 g/mol. The zero-order valence-electron chi connectivity index (χ0n) is 7.03. The van der Waals surface area contributed by atoms with E-state index in [0.29, 0.717) is 5.02 Å². The molecule has 1 aliphatic heterocycles. The first-order valence-electron chi connectivity index (χ1n) is 4.17. The number of nitrogen functional groups attached to an aromatic ring is 1. The maximum absolute atomic E-state index is 5.81. The van der Waals surface area contributed by atoms with Crippen molar-refractivity contribution in [2.75, 3.05) is 12.3 Å². The third-order valence-corrected chi connectivity index (χ3v) is 2.35. The molecule has 2 rings (SSSR count). The lowest BCUT2D eigenvalue weighted by molar-refractivity contribution is 0.108. The largest absolute Gasteiger partial charge is 0.381 e. The summed E-state index contributed by atoms with van der Waals surface area (Å²) in [6.45, 7) is 0.786. The SMILES string of the molecule is Nc1nnc(C2CCCO2)cc1Cl. The molecule has 5 heteroatoms. The summed E-state index contributed by atoms with van der Waals surface area (Å²) in [6.07, 6.45) is 2.09. The van der Waals surface area contributed by atoms with Crippen molar-refractivity contribution >= 4 is 17.4 Å². The summed E-state index contributed by atoms with van der Waals surface area (Å²) in [4.78, 5) is 0. The number of rotatable bonds is 1. The Morgan fingerprint density at radius 2 is 2.38 bits per heavy atom. The van der Waals surface area contributed by atoms with Crippen LogP contribution in [-0.4, -0.2) is 16.8 Å². The lowest BCUT2D eigenvalue weighted by Crippen LogP contribution is -2.03. The highest BCUT2D eigenvalue weighted by Gasteiger charge is 2.20. The van der Waals surface area contributed by atoms with E-state index in [4.69, 9.17) is 22.1 Å². The van der Waals surface area contributed by atoms with Crippen molar-refractivity contribution < 1.29 is 4.74 Å². The summed E-state index contributed by atoms with van der Waals surface area (Å²) in [7, 11) is 0. The van der Waals surface area contributed by atoms with E-state index in [9.17, 15) is 0 Å². The Balaban J connectivity index is 2.25. The van der Waals surface area contributed by atoms with Crippen molar-refractivity contribution in [1.82, 2.24) is 10.2 Å². The van der Waals surface area contributed by atoms with Crippen molar-refractivity contribution in [2.24, 2.45) is 0 Å². The lowest BCUT2D eigenvalue weighted by atomic mass is 10.2. The average Bonchev–Trinajstić information content (AvgIpc) is 2.62. The molecule has 1 aromatic heterocycles. The minimum atomic E-state index is 0.0469. The molecule has 1 saturated heterocycles. The van der Waals surface area contributed by atoms with E-state index in [-0.39, 0.29) is 11.9 Å². The molecule has 0 bridgehead atoms. The maximum Gasteiger partial charge on any atom is 0.164 e. The van der Waals surface area contributed by atoms with E-state index in [2.05, 4.69) is 10.2 Å². The Morgan fingerprint density at radius 3 is 3.00 bits per heavy atom. The van der Waals surface area contributed by atoms with Crippen molar-refractivity contribution in [3.8, 4) is 0 Å². The third-order valence-electron chi connectivity index (χ3n) is 2.05. The Kier molecular flexibility index (Phi) is 2.33. The van der Waals surface area contributed by atoms with Gasteiger partial charge in [-0.3, -0.25) is 0 Å². The minimum Gasteiger partial charge on any atom is -0.381 e. The lowest BCUT2D eigenvalue weighted by Gasteiger charge is -2.07. The number of aromatic nitrogens is 2. The monoisotopic (exact) mass is 199 g/mol.